The average molecular weight is 406 g/mol. The van der Waals surface area contributed by atoms with Gasteiger partial charge >= 0.3 is 59.1 Å². The molecule has 2 atom stereocenters. The number of hydrogen-bond acceptors (Lipinski definition) is 10. The molecule has 0 aliphatic heterocycles. The summed E-state index contributed by atoms with van der Waals surface area (Å²) in [6.45, 7) is 0. The van der Waals surface area contributed by atoms with E-state index in [2.05, 4.69) is 0 Å². The number of carbonyl (C=O) groups is 4. The van der Waals surface area contributed by atoms with Crippen molar-refractivity contribution in [2.45, 2.75) is 0 Å². The molecule has 0 aromatic heterocycles. The molecule has 0 rings (SSSR count). The Morgan fingerprint density at radius 3 is 1.18 bits per heavy atom. The standard InChI is InChI=1S/C8H10O8S4.2Na/c9-5(7(11)3-19(13)14)1-17-18-2-6(10)8(12)4-20(15)16;;/h1-4H2,(H,13,14)(H,15,16);;/q;2*+1/p-2. The first kappa shape index (κ1) is 28.4. The minimum absolute atomic E-state index is 0. The van der Waals surface area contributed by atoms with Gasteiger partial charge in [-0.1, -0.05) is 21.6 Å². The molecule has 0 spiro atoms. The maximum atomic E-state index is 11.1. The van der Waals surface area contributed by atoms with E-state index in [1.165, 1.54) is 0 Å². The van der Waals surface area contributed by atoms with E-state index in [9.17, 15) is 36.7 Å². The largest absolute Gasteiger partial charge is 1.00 e. The monoisotopic (exact) mass is 406 g/mol. The van der Waals surface area contributed by atoms with Gasteiger partial charge in [0.2, 0.25) is 23.1 Å². The maximum absolute atomic E-state index is 11.1. The van der Waals surface area contributed by atoms with Crippen LogP contribution in [0.2, 0.25) is 0 Å². The van der Waals surface area contributed by atoms with Crippen LogP contribution in [0.15, 0.2) is 0 Å². The molecule has 0 amide bonds. The van der Waals surface area contributed by atoms with Crippen LogP contribution in [-0.2, 0) is 41.3 Å². The molecule has 2 unspecified atom stereocenters. The van der Waals surface area contributed by atoms with E-state index < -0.39 is 56.8 Å². The fraction of sp³-hybridized carbons (Fsp3) is 0.500. The van der Waals surface area contributed by atoms with Crippen LogP contribution in [0, 0.1) is 0 Å². The normalized spacial score (nSPS) is 12.3. The quantitative estimate of drug-likeness (QED) is 0.106. The van der Waals surface area contributed by atoms with Crippen LogP contribution in [0.1, 0.15) is 0 Å². The first-order valence-electron chi connectivity index (χ1n) is 4.72. The Morgan fingerprint density at radius 2 is 0.955 bits per heavy atom. The Bertz CT molecular complexity index is 427. The van der Waals surface area contributed by atoms with Gasteiger partial charge in [0.05, 0.1) is 23.0 Å². The second-order valence-electron chi connectivity index (χ2n) is 3.11. The van der Waals surface area contributed by atoms with E-state index in [-0.39, 0.29) is 70.6 Å². The summed E-state index contributed by atoms with van der Waals surface area (Å²) in [6.07, 6.45) is 0. The van der Waals surface area contributed by atoms with Gasteiger partial charge in [-0.3, -0.25) is 27.6 Å². The summed E-state index contributed by atoms with van der Waals surface area (Å²) in [5, 5.41) is 0. The second kappa shape index (κ2) is 16.1. The van der Waals surface area contributed by atoms with Crippen LogP contribution in [0.4, 0.5) is 0 Å². The van der Waals surface area contributed by atoms with Crippen molar-refractivity contribution in [3.05, 3.63) is 0 Å². The summed E-state index contributed by atoms with van der Waals surface area (Å²) in [6, 6.07) is 0. The topological polar surface area (TPSA) is 149 Å². The van der Waals surface area contributed by atoms with Crippen molar-refractivity contribution < 1.29 is 95.8 Å². The van der Waals surface area contributed by atoms with Crippen LogP contribution in [0.25, 0.3) is 0 Å². The zero-order valence-electron chi connectivity index (χ0n) is 11.7. The second-order valence-corrected chi connectivity index (χ2v) is 7.37. The molecule has 0 aliphatic carbocycles. The van der Waals surface area contributed by atoms with Crippen LogP contribution in [-0.4, -0.2) is 63.7 Å². The van der Waals surface area contributed by atoms with Crippen molar-refractivity contribution >= 4 is 66.9 Å². The summed E-state index contributed by atoms with van der Waals surface area (Å²) in [5.41, 5.74) is 0. The molecule has 0 saturated heterocycles. The average Bonchev–Trinajstić information content (AvgIpc) is 2.32. The van der Waals surface area contributed by atoms with E-state index in [0.29, 0.717) is 0 Å². The third kappa shape index (κ3) is 15.1. The Labute approximate surface area is 183 Å². The van der Waals surface area contributed by atoms with Crippen molar-refractivity contribution in [3.63, 3.8) is 0 Å². The van der Waals surface area contributed by atoms with Gasteiger partial charge in [0, 0.05) is 0 Å². The molecule has 0 heterocycles. The summed E-state index contributed by atoms with van der Waals surface area (Å²) in [7, 11) is 1.60. The van der Waals surface area contributed by atoms with E-state index in [0.717, 1.165) is 21.6 Å². The molecule has 0 fully saturated rings. The fourth-order valence-corrected chi connectivity index (χ4v) is 3.32. The van der Waals surface area contributed by atoms with Crippen LogP contribution in [0.3, 0.4) is 0 Å². The summed E-state index contributed by atoms with van der Waals surface area (Å²) in [5.74, 6) is -6.40. The summed E-state index contributed by atoms with van der Waals surface area (Å²) >= 11 is -5.27. The molecule has 14 heteroatoms. The molecule has 0 aromatic carbocycles. The van der Waals surface area contributed by atoms with Crippen molar-refractivity contribution in [3.8, 4) is 0 Å². The van der Waals surface area contributed by atoms with Gasteiger partial charge < -0.3 is 9.11 Å². The first-order chi connectivity index (χ1) is 9.23. The minimum Gasteiger partial charge on any atom is -0.772 e. The van der Waals surface area contributed by atoms with Crippen molar-refractivity contribution in [2.24, 2.45) is 0 Å². The number of carbonyl (C=O) groups excluding carboxylic acids is 4. The van der Waals surface area contributed by atoms with Gasteiger partial charge in [0.25, 0.3) is 0 Å². The third-order valence-electron chi connectivity index (χ3n) is 1.58. The Kier molecular flexibility index (Phi) is 20.8. The molecular weight excluding hydrogens is 398 g/mol. The van der Waals surface area contributed by atoms with Crippen molar-refractivity contribution in [1.82, 2.24) is 0 Å². The van der Waals surface area contributed by atoms with Gasteiger partial charge in [0.15, 0.2) is 0 Å². The predicted molar refractivity (Wildman–Crippen MR) is 72.5 cm³/mol. The van der Waals surface area contributed by atoms with E-state index in [4.69, 9.17) is 0 Å². The molecule has 0 N–H and O–H groups in total. The van der Waals surface area contributed by atoms with Crippen LogP contribution in [0.5, 0.6) is 0 Å². The van der Waals surface area contributed by atoms with Crippen LogP contribution < -0.4 is 59.1 Å². The Balaban J connectivity index is -0.00000180. The number of Topliss-reactive ketones (excluding diaryl/α,β-unsaturated/α-hetero) is 4. The third-order valence-corrected chi connectivity index (χ3v) is 4.71. The van der Waals surface area contributed by atoms with E-state index in [1.807, 2.05) is 0 Å². The predicted octanol–water partition coefficient (Wildman–Crippen LogP) is -7.59. The van der Waals surface area contributed by atoms with E-state index >= 15 is 0 Å². The molecular formula is C8H8Na2O8S4. The fourth-order valence-electron chi connectivity index (χ4n) is 0.726. The molecule has 0 radical (unpaired) electrons. The maximum Gasteiger partial charge on any atom is 1.00 e. The van der Waals surface area contributed by atoms with Gasteiger partial charge in [-0.15, -0.1) is 0 Å². The van der Waals surface area contributed by atoms with Gasteiger partial charge in [-0.25, -0.2) is 0 Å². The molecule has 0 bridgehead atoms. The van der Waals surface area contributed by atoms with Gasteiger partial charge in [0.1, 0.15) is 0 Å². The molecule has 0 saturated carbocycles. The smallest absolute Gasteiger partial charge is 0.772 e. The van der Waals surface area contributed by atoms with Gasteiger partial charge in [-0.2, -0.15) is 0 Å². The van der Waals surface area contributed by atoms with Crippen LogP contribution >= 0.6 is 21.6 Å². The minimum atomic E-state index is -2.64. The number of ketones is 4. The molecule has 0 aromatic rings. The first-order valence-corrected chi connectivity index (χ1v) is 9.69. The van der Waals surface area contributed by atoms with Gasteiger partial charge in [-0.05, 0) is 22.2 Å². The SMILES string of the molecule is O=C(CSSCC(=O)C(=O)CS(=O)[O-])C(=O)CS(=O)[O-].[Na+].[Na+]. The summed E-state index contributed by atoms with van der Waals surface area (Å²) < 4.78 is 40.7. The Hall–Kier alpha value is 1.60. The molecule has 0 aliphatic rings. The summed E-state index contributed by atoms with van der Waals surface area (Å²) in [4.78, 5) is 44.1. The van der Waals surface area contributed by atoms with Crippen molar-refractivity contribution in [2.75, 3.05) is 23.0 Å². The van der Waals surface area contributed by atoms with E-state index in [1.54, 1.807) is 0 Å². The Morgan fingerprint density at radius 1 is 0.682 bits per heavy atom. The molecule has 8 nitrogen and oxygen atoms in total. The number of hydrogen-bond donors (Lipinski definition) is 0. The molecule has 22 heavy (non-hydrogen) atoms. The van der Waals surface area contributed by atoms with Crippen molar-refractivity contribution in [1.29, 1.82) is 0 Å². The zero-order valence-corrected chi connectivity index (χ0v) is 19.0. The zero-order chi connectivity index (χ0) is 15.7. The molecule has 114 valence electrons. The number of rotatable bonds is 11.